The van der Waals surface area contributed by atoms with Gasteiger partial charge in [0.1, 0.15) is 5.76 Å². The van der Waals surface area contributed by atoms with Crippen molar-refractivity contribution in [2.75, 3.05) is 10.6 Å². The average molecular weight is 369 g/mol. The normalized spacial score (nSPS) is 15.8. The third kappa shape index (κ3) is 3.06. The third-order valence-electron chi connectivity index (χ3n) is 4.55. The molecule has 0 spiro atoms. The molecule has 1 unspecified atom stereocenters. The highest BCUT2D eigenvalue weighted by atomic mass is 35.5. The minimum absolute atomic E-state index is 0.0580. The molecule has 3 aromatic rings. The number of hydrogen-bond acceptors (Lipinski definition) is 3. The van der Waals surface area contributed by atoms with Crippen LogP contribution in [0.4, 0.5) is 11.4 Å². The van der Waals surface area contributed by atoms with Gasteiger partial charge in [0.25, 0.3) is 0 Å². The largest absolute Gasteiger partial charge is 0.460 e. The number of amides is 2. The molecule has 2 heterocycles. The SMILES string of the molecule is Cc1cc2cc(NC(=O)CCC3C(=O)Nc4ccccc43)cc(Cl)c2o1. The fourth-order valence-corrected chi connectivity index (χ4v) is 3.64. The standard InChI is InChI=1S/C20H17ClN2O3/c1-11-8-12-9-13(10-16(21)19(12)26-11)22-18(24)7-6-15-14-4-2-3-5-17(14)23-20(15)25/h2-5,8-10,15H,6-7H2,1H3,(H,22,24)(H,23,25). The lowest BCUT2D eigenvalue weighted by atomic mass is 9.95. The van der Waals surface area contributed by atoms with Crippen molar-refractivity contribution in [1.82, 2.24) is 0 Å². The van der Waals surface area contributed by atoms with E-state index in [1.807, 2.05) is 43.3 Å². The smallest absolute Gasteiger partial charge is 0.232 e. The summed E-state index contributed by atoms with van der Waals surface area (Å²) in [6.45, 7) is 1.85. The maximum atomic E-state index is 12.3. The van der Waals surface area contributed by atoms with Gasteiger partial charge in [0.2, 0.25) is 11.8 Å². The Morgan fingerprint density at radius 1 is 1.27 bits per heavy atom. The van der Waals surface area contributed by atoms with E-state index in [1.165, 1.54) is 0 Å². The van der Waals surface area contributed by atoms with Gasteiger partial charge in [-0.3, -0.25) is 9.59 Å². The Kier molecular flexibility index (Phi) is 4.17. The molecular formula is C20H17ClN2O3. The van der Waals surface area contributed by atoms with Gasteiger partial charge in [-0.05, 0) is 43.2 Å². The van der Waals surface area contributed by atoms with E-state index in [2.05, 4.69) is 10.6 Å². The van der Waals surface area contributed by atoms with Gasteiger partial charge in [-0.15, -0.1) is 0 Å². The van der Waals surface area contributed by atoms with Crippen molar-refractivity contribution in [3.63, 3.8) is 0 Å². The zero-order valence-corrected chi connectivity index (χ0v) is 14.9. The Balaban J connectivity index is 1.44. The third-order valence-corrected chi connectivity index (χ3v) is 4.83. The van der Waals surface area contributed by atoms with Crippen molar-refractivity contribution >= 4 is 45.8 Å². The molecule has 132 valence electrons. The number of carbonyl (C=O) groups is 2. The maximum Gasteiger partial charge on any atom is 0.232 e. The maximum absolute atomic E-state index is 12.3. The Bertz CT molecular complexity index is 1030. The van der Waals surface area contributed by atoms with E-state index in [-0.39, 0.29) is 24.2 Å². The molecule has 0 aliphatic carbocycles. The van der Waals surface area contributed by atoms with E-state index in [4.69, 9.17) is 16.0 Å². The molecule has 1 atom stereocenters. The van der Waals surface area contributed by atoms with E-state index in [9.17, 15) is 9.59 Å². The molecule has 0 saturated heterocycles. The molecule has 26 heavy (non-hydrogen) atoms. The van der Waals surface area contributed by atoms with Crippen LogP contribution >= 0.6 is 11.6 Å². The zero-order chi connectivity index (χ0) is 18.3. The fraction of sp³-hybridized carbons (Fsp3) is 0.200. The summed E-state index contributed by atoms with van der Waals surface area (Å²) < 4.78 is 5.53. The minimum Gasteiger partial charge on any atom is -0.460 e. The summed E-state index contributed by atoms with van der Waals surface area (Å²) in [5.74, 6) is 0.256. The highest BCUT2D eigenvalue weighted by Gasteiger charge is 2.30. The molecule has 1 aliphatic rings. The zero-order valence-electron chi connectivity index (χ0n) is 14.1. The second kappa shape index (κ2) is 6.50. The first kappa shape index (κ1) is 16.7. The van der Waals surface area contributed by atoms with Crippen LogP contribution in [0.1, 0.15) is 30.1 Å². The summed E-state index contributed by atoms with van der Waals surface area (Å²) in [5.41, 5.74) is 3.00. The fourth-order valence-electron chi connectivity index (χ4n) is 3.37. The first-order chi connectivity index (χ1) is 12.5. The number of rotatable bonds is 4. The number of nitrogens with one attached hydrogen (secondary N) is 2. The van der Waals surface area contributed by atoms with E-state index in [0.717, 1.165) is 22.4 Å². The molecule has 0 radical (unpaired) electrons. The Morgan fingerprint density at radius 2 is 2.08 bits per heavy atom. The van der Waals surface area contributed by atoms with Crippen LogP contribution in [-0.4, -0.2) is 11.8 Å². The van der Waals surface area contributed by atoms with Crippen LogP contribution in [0.15, 0.2) is 46.9 Å². The molecular weight excluding hydrogens is 352 g/mol. The molecule has 4 rings (SSSR count). The second-order valence-electron chi connectivity index (χ2n) is 6.45. The van der Waals surface area contributed by atoms with Gasteiger partial charge in [0, 0.05) is 23.2 Å². The summed E-state index contributed by atoms with van der Waals surface area (Å²) in [6.07, 6.45) is 0.696. The minimum atomic E-state index is -0.292. The molecule has 1 aromatic heterocycles. The molecule has 0 bridgehead atoms. The van der Waals surface area contributed by atoms with E-state index >= 15 is 0 Å². The van der Waals surface area contributed by atoms with Crippen LogP contribution in [0, 0.1) is 6.92 Å². The van der Waals surface area contributed by atoms with Gasteiger partial charge in [-0.25, -0.2) is 0 Å². The first-order valence-corrected chi connectivity index (χ1v) is 8.78. The summed E-state index contributed by atoms with van der Waals surface area (Å²) in [7, 11) is 0. The number of carbonyl (C=O) groups excluding carboxylic acids is 2. The van der Waals surface area contributed by atoms with Crippen LogP contribution in [0.2, 0.25) is 5.02 Å². The topological polar surface area (TPSA) is 71.3 Å². The number of hydrogen-bond donors (Lipinski definition) is 2. The number of halogens is 1. The van der Waals surface area contributed by atoms with Crippen LogP contribution in [-0.2, 0) is 9.59 Å². The summed E-state index contributed by atoms with van der Waals surface area (Å²) in [5, 5.41) is 7.00. The van der Waals surface area contributed by atoms with Gasteiger partial charge < -0.3 is 15.1 Å². The summed E-state index contributed by atoms with van der Waals surface area (Å²) >= 11 is 6.22. The molecule has 0 fully saturated rings. The molecule has 6 heteroatoms. The summed E-state index contributed by atoms with van der Waals surface area (Å²) in [4.78, 5) is 24.5. The number of fused-ring (bicyclic) bond motifs is 2. The van der Waals surface area contributed by atoms with Crippen LogP contribution in [0.5, 0.6) is 0 Å². The first-order valence-electron chi connectivity index (χ1n) is 8.40. The van der Waals surface area contributed by atoms with E-state index in [0.29, 0.717) is 22.7 Å². The van der Waals surface area contributed by atoms with Crippen molar-refractivity contribution in [3.05, 3.63) is 58.8 Å². The van der Waals surface area contributed by atoms with Gasteiger partial charge >= 0.3 is 0 Å². The number of anilines is 2. The van der Waals surface area contributed by atoms with Gasteiger partial charge in [-0.2, -0.15) is 0 Å². The van der Waals surface area contributed by atoms with E-state index < -0.39 is 0 Å². The number of para-hydroxylation sites is 1. The number of aryl methyl sites for hydroxylation is 1. The molecule has 2 aromatic carbocycles. The average Bonchev–Trinajstić information content (AvgIpc) is 3.12. The lowest BCUT2D eigenvalue weighted by molar-refractivity contribution is -0.118. The second-order valence-corrected chi connectivity index (χ2v) is 6.86. The molecule has 2 amide bonds. The Labute approximate surface area is 155 Å². The lowest BCUT2D eigenvalue weighted by Crippen LogP contribution is -2.16. The van der Waals surface area contributed by atoms with Crippen LogP contribution < -0.4 is 10.6 Å². The Morgan fingerprint density at radius 3 is 2.92 bits per heavy atom. The molecule has 5 nitrogen and oxygen atoms in total. The van der Waals surface area contributed by atoms with Crippen LogP contribution in [0.3, 0.4) is 0 Å². The van der Waals surface area contributed by atoms with Crippen molar-refractivity contribution in [2.24, 2.45) is 0 Å². The highest BCUT2D eigenvalue weighted by molar-refractivity contribution is 6.35. The van der Waals surface area contributed by atoms with Crippen molar-refractivity contribution in [1.29, 1.82) is 0 Å². The summed E-state index contributed by atoms with van der Waals surface area (Å²) in [6, 6.07) is 12.9. The molecule has 0 saturated carbocycles. The monoisotopic (exact) mass is 368 g/mol. The molecule has 1 aliphatic heterocycles. The Hall–Kier alpha value is -2.79. The number of furan rings is 1. The molecule has 2 N–H and O–H groups in total. The van der Waals surface area contributed by atoms with Crippen molar-refractivity contribution < 1.29 is 14.0 Å². The predicted octanol–water partition coefficient (Wildman–Crippen LogP) is 4.85. The van der Waals surface area contributed by atoms with Crippen molar-refractivity contribution in [2.45, 2.75) is 25.7 Å². The predicted molar refractivity (Wildman–Crippen MR) is 102 cm³/mol. The quantitative estimate of drug-likeness (QED) is 0.691. The van der Waals surface area contributed by atoms with Gasteiger partial charge in [0.05, 0.1) is 10.9 Å². The van der Waals surface area contributed by atoms with Gasteiger partial charge in [0.15, 0.2) is 5.58 Å². The van der Waals surface area contributed by atoms with E-state index in [1.54, 1.807) is 6.07 Å². The highest BCUT2D eigenvalue weighted by Crippen LogP contribution is 2.35. The van der Waals surface area contributed by atoms with Crippen LogP contribution in [0.25, 0.3) is 11.0 Å². The lowest BCUT2D eigenvalue weighted by Gasteiger charge is -2.10. The van der Waals surface area contributed by atoms with Crippen molar-refractivity contribution in [3.8, 4) is 0 Å². The van der Waals surface area contributed by atoms with Gasteiger partial charge in [-0.1, -0.05) is 29.8 Å². The number of benzene rings is 2.